The third-order valence-corrected chi connectivity index (χ3v) is 3.37. The van der Waals surface area contributed by atoms with Gasteiger partial charge in [0.15, 0.2) is 0 Å². The second-order valence-corrected chi connectivity index (χ2v) is 5.05. The number of nitrogens with zero attached hydrogens (tertiary/aromatic N) is 1. The van der Waals surface area contributed by atoms with Crippen LogP contribution in [0.3, 0.4) is 0 Å². The number of hydrogen-bond donors (Lipinski definition) is 2. The maximum Gasteiger partial charge on any atom is 0.203 e. The monoisotopic (exact) mass is 262 g/mol. The van der Waals surface area contributed by atoms with Gasteiger partial charge in [-0.3, -0.25) is 0 Å². The van der Waals surface area contributed by atoms with Gasteiger partial charge in [0.25, 0.3) is 0 Å². The van der Waals surface area contributed by atoms with Gasteiger partial charge >= 0.3 is 0 Å². The average molecular weight is 262 g/mol. The molecule has 1 unspecified atom stereocenters. The highest BCUT2D eigenvalue weighted by Gasteiger charge is 2.22. The van der Waals surface area contributed by atoms with Crippen LogP contribution in [0.25, 0.3) is 0 Å². The number of thiophene rings is 1. The van der Waals surface area contributed by atoms with E-state index in [0.29, 0.717) is 24.6 Å². The molecule has 2 rings (SSSR count). The summed E-state index contributed by atoms with van der Waals surface area (Å²) < 4.78 is 5.24. The van der Waals surface area contributed by atoms with Crippen molar-refractivity contribution in [3.63, 3.8) is 0 Å². The van der Waals surface area contributed by atoms with Crippen LogP contribution in [-0.2, 0) is 12.1 Å². The topological polar surface area (TPSA) is 69.2 Å². The lowest BCUT2D eigenvalue weighted by Gasteiger charge is -2.22. The van der Waals surface area contributed by atoms with Gasteiger partial charge < -0.3 is 14.8 Å². The first-order valence-corrected chi connectivity index (χ1v) is 6.51. The minimum Gasteiger partial charge on any atom is -0.449 e. The number of nitrogens with one attached hydrogen (secondary N) is 1. The molecule has 0 fully saturated rings. The van der Waals surface area contributed by atoms with Crippen molar-refractivity contribution in [3.8, 4) is 6.07 Å². The number of hydrogen-bond acceptors (Lipinski definition) is 5. The van der Waals surface area contributed by atoms with Crippen LogP contribution in [-0.4, -0.2) is 11.7 Å². The quantitative estimate of drug-likeness (QED) is 0.866. The molecule has 0 aliphatic rings. The maximum absolute atomic E-state index is 10.3. The van der Waals surface area contributed by atoms with Crippen molar-refractivity contribution in [2.75, 3.05) is 6.54 Å². The molecule has 0 saturated carbocycles. The predicted molar refractivity (Wildman–Crippen MR) is 69.0 cm³/mol. The van der Waals surface area contributed by atoms with E-state index in [1.165, 1.54) is 0 Å². The number of furan rings is 1. The van der Waals surface area contributed by atoms with Crippen LogP contribution in [0.5, 0.6) is 0 Å². The lowest BCUT2D eigenvalue weighted by molar-refractivity contribution is 0.0566. The van der Waals surface area contributed by atoms with Crippen LogP contribution in [0.2, 0.25) is 0 Å². The second kappa shape index (κ2) is 5.36. The van der Waals surface area contributed by atoms with Crippen molar-refractivity contribution in [3.05, 3.63) is 46.0 Å². The molecule has 2 aromatic heterocycles. The fourth-order valence-electron chi connectivity index (χ4n) is 1.64. The Bertz CT molecular complexity index is 538. The average Bonchev–Trinajstić information content (AvgIpc) is 3.00. The zero-order valence-corrected chi connectivity index (χ0v) is 10.8. The maximum atomic E-state index is 10.3. The predicted octanol–water partition coefficient (Wildman–Crippen LogP) is 2.21. The summed E-state index contributed by atoms with van der Waals surface area (Å²) in [5.41, 5.74) is 0.00198. The molecule has 0 aliphatic heterocycles. The summed E-state index contributed by atoms with van der Waals surface area (Å²) in [5.74, 6) is 0.990. The molecule has 0 aliphatic carbocycles. The first-order chi connectivity index (χ1) is 8.62. The highest BCUT2D eigenvalue weighted by atomic mass is 32.1. The molecule has 0 aromatic carbocycles. The molecule has 18 heavy (non-hydrogen) atoms. The largest absolute Gasteiger partial charge is 0.449 e. The van der Waals surface area contributed by atoms with Crippen molar-refractivity contribution in [1.29, 1.82) is 5.26 Å². The molecule has 94 valence electrons. The Morgan fingerprint density at radius 1 is 1.50 bits per heavy atom. The van der Waals surface area contributed by atoms with Crippen LogP contribution in [0, 0.1) is 11.3 Å². The van der Waals surface area contributed by atoms with Gasteiger partial charge in [0.1, 0.15) is 11.8 Å². The van der Waals surface area contributed by atoms with Gasteiger partial charge in [0.2, 0.25) is 5.76 Å². The van der Waals surface area contributed by atoms with E-state index in [-0.39, 0.29) is 0 Å². The van der Waals surface area contributed by atoms with Crippen LogP contribution in [0.1, 0.15) is 24.0 Å². The van der Waals surface area contributed by atoms with Crippen molar-refractivity contribution in [2.45, 2.75) is 19.1 Å². The van der Waals surface area contributed by atoms with Crippen molar-refractivity contribution in [2.24, 2.45) is 0 Å². The lowest BCUT2D eigenvalue weighted by Crippen LogP contribution is -2.34. The molecule has 0 saturated heterocycles. The molecule has 0 spiro atoms. The molecule has 0 radical (unpaired) electrons. The summed E-state index contributed by atoms with van der Waals surface area (Å²) in [7, 11) is 0. The lowest BCUT2D eigenvalue weighted by atomic mass is 9.99. The fraction of sp³-hybridized carbons (Fsp3) is 0.308. The smallest absolute Gasteiger partial charge is 0.203 e. The molecule has 5 heteroatoms. The Hall–Kier alpha value is -1.61. The van der Waals surface area contributed by atoms with Crippen molar-refractivity contribution >= 4 is 11.3 Å². The standard InChI is InChI=1S/C13H14N2O2S/c1-13(16,10-4-5-18-8-10)9-15-7-12-3-2-11(6-14)17-12/h2-5,8,15-16H,7,9H2,1H3. The Balaban J connectivity index is 1.87. The number of nitriles is 1. The second-order valence-electron chi connectivity index (χ2n) is 4.27. The molecule has 0 amide bonds. The summed E-state index contributed by atoms with van der Waals surface area (Å²) in [4.78, 5) is 0. The molecule has 4 nitrogen and oxygen atoms in total. The molecular formula is C13H14N2O2S. The zero-order valence-electron chi connectivity index (χ0n) is 10.0. The molecule has 2 aromatic rings. The van der Waals surface area contributed by atoms with E-state index in [1.807, 2.05) is 22.9 Å². The normalized spacial score (nSPS) is 14.1. The Kier molecular flexibility index (Phi) is 3.82. The third-order valence-electron chi connectivity index (χ3n) is 2.68. The van der Waals surface area contributed by atoms with E-state index in [1.54, 1.807) is 30.4 Å². The highest BCUT2D eigenvalue weighted by Crippen LogP contribution is 2.22. The van der Waals surface area contributed by atoms with Crippen molar-refractivity contribution < 1.29 is 9.52 Å². The van der Waals surface area contributed by atoms with Crippen LogP contribution in [0.4, 0.5) is 0 Å². The summed E-state index contributed by atoms with van der Waals surface area (Å²) >= 11 is 1.56. The van der Waals surface area contributed by atoms with Gasteiger partial charge in [-0.25, -0.2) is 0 Å². The Morgan fingerprint density at radius 3 is 2.94 bits per heavy atom. The summed E-state index contributed by atoms with van der Waals surface area (Å²) in [6.07, 6.45) is 0. The first kappa shape index (κ1) is 12.8. The van der Waals surface area contributed by atoms with Crippen molar-refractivity contribution in [1.82, 2.24) is 5.32 Å². The Labute approximate surface area is 109 Å². The minimum atomic E-state index is -0.898. The summed E-state index contributed by atoms with van der Waals surface area (Å²) in [5, 5.41) is 25.9. The van der Waals surface area contributed by atoms with E-state index < -0.39 is 5.60 Å². The molecule has 2 N–H and O–H groups in total. The molecular weight excluding hydrogens is 248 g/mol. The van der Waals surface area contributed by atoms with E-state index >= 15 is 0 Å². The Morgan fingerprint density at radius 2 is 2.33 bits per heavy atom. The van der Waals surface area contributed by atoms with Crippen LogP contribution < -0.4 is 5.32 Å². The van der Waals surface area contributed by atoms with Gasteiger partial charge in [-0.15, -0.1) is 0 Å². The van der Waals surface area contributed by atoms with Gasteiger partial charge in [0, 0.05) is 6.54 Å². The number of aliphatic hydroxyl groups is 1. The SMILES string of the molecule is CC(O)(CNCc1ccc(C#N)o1)c1ccsc1. The van der Waals surface area contributed by atoms with E-state index in [2.05, 4.69) is 5.32 Å². The fourth-order valence-corrected chi connectivity index (χ4v) is 2.42. The number of rotatable bonds is 5. The minimum absolute atomic E-state index is 0.302. The molecule has 0 bridgehead atoms. The summed E-state index contributed by atoms with van der Waals surface area (Å²) in [6, 6.07) is 7.23. The van der Waals surface area contributed by atoms with Gasteiger partial charge in [-0.2, -0.15) is 16.6 Å². The highest BCUT2D eigenvalue weighted by molar-refractivity contribution is 7.08. The van der Waals surface area contributed by atoms with E-state index in [4.69, 9.17) is 9.68 Å². The van der Waals surface area contributed by atoms with E-state index in [9.17, 15) is 5.11 Å². The van der Waals surface area contributed by atoms with E-state index in [0.717, 1.165) is 5.56 Å². The third kappa shape index (κ3) is 2.99. The summed E-state index contributed by atoms with van der Waals surface area (Å²) in [6.45, 7) is 2.68. The van der Waals surface area contributed by atoms with Gasteiger partial charge in [0.05, 0.1) is 12.1 Å². The zero-order chi connectivity index (χ0) is 13.0. The van der Waals surface area contributed by atoms with Gasteiger partial charge in [-0.1, -0.05) is 0 Å². The molecule has 1 atom stereocenters. The van der Waals surface area contributed by atoms with Crippen LogP contribution >= 0.6 is 11.3 Å². The first-order valence-electron chi connectivity index (χ1n) is 5.56. The molecule has 2 heterocycles. The van der Waals surface area contributed by atoms with Gasteiger partial charge in [-0.05, 0) is 41.4 Å². The van der Waals surface area contributed by atoms with Crippen LogP contribution in [0.15, 0.2) is 33.4 Å².